The first-order chi connectivity index (χ1) is 13.7. The summed E-state index contributed by atoms with van der Waals surface area (Å²) in [5.74, 6) is 0.832. The second-order valence-corrected chi connectivity index (χ2v) is 7.19. The first kappa shape index (κ1) is 20.6. The fourth-order valence-electron chi connectivity index (χ4n) is 3.71. The third-order valence-electron chi connectivity index (χ3n) is 5.28. The number of rotatable bonds is 7. The third kappa shape index (κ3) is 5.69. The van der Waals surface area contributed by atoms with Crippen LogP contribution in [0.25, 0.3) is 0 Å². The summed E-state index contributed by atoms with van der Waals surface area (Å²) < 4.78 is 16.8. The Labute approximate surface area is 166 Å². The molecule has 0 unspecified atom stereocenters. The predicted octanol–water partition coefficient (Wildman–Crippen LogP) is 1.57. The van der Waals surface area contributed by atoms with E-state index < -0.39 is 0 Å². The molecule has 154 valence electrons. The minimum Gasteiger partial charge on any atom is -0.490 e. The van der Waals surface area contributed by atoms with Gasteiger partial charge in [-0.3, -0.25) is 9.59 Å². The molecular weight excluding hydrogens is 360 g/mol. The highest BCUT2D eigenvalue weighted by molar-refractivity contribution is 5.78. The molecule has 2 amide bonds. The third-order valence-corrected chi connectivity index (χ3v) is 5.28. The molecule has 2 heterocycles. The molecule has 2 saturated heterocycles. The standard InChI is InChI=1S/C21H30N2O5/c1-2-26-16-21(25)23-9-8-19(28-18-6-4-3-5-7-18)17(15-23)14-20(24)22-10-12-27-13-11-22/h3-7,17,19H,2,8-16H2,1H3/t17-,19-/m0/s1. The quantitative estimate of drug-likeness (QED) is 0.707. The summed E-state index contributed by atoms with van der Waals surface area (Å²) in [6.07, 6.45) is 0.979. The van der Waals surface area contributed by atoms with Crippen molar-refractivity contribution in [3.8, 4) is 5.75 Å². The van der Waals surface area contributed by atoms with E-state index in [9.17, 15) is 9.59 Å². The van der Waals surface area contributed by atoms with Gasteiger partial charge in [-0.1, -0.05) is 18.2 Å². The molecule has 0 aliphatic carbocycles. The monoisotopic (exact) mass is 390 g/mol. The van der Waals surface area contributed by atoms with Crippen molar-refractivity contribution in [2.24, 2.45) is 5.92 Å². The lowest BCUT2D eigenvalue weighted by molar-refractivity contribution is -0.143. The minimum absolute atomic E-state index is 0.0242. The number of hydrogen-bond acceptors (Lipinski definition) is 5. The Balaban J connectivity index is 1.65. The zero-order valence-corrected chi connectivity index (χ0v) is 16.5. The van der Waals surface area contributed by atoms with Gasteiger partial charge < -0.3 is 24.0 Å². The number of para-hydroxylation sites is 1. The summed E-state index contributed by atoms with van der Waals surface area (Å²) in [4.78, 5) is 28.9. The lowest BCUT2D eigenvalue weighted by atomic mass is 9.90. The molecule has 3 rings (SSSR count). The number of ether oxygens (including phenoxy) is 3. The molecule has 7 nitrogen and oxygen atoms in total. The first-order valence-electron chi connectivity index (χ1n) is 10.1. The van der Waals surface area contributed by atoms with Gasteiger partial charge in [0.05, 0.1) is 13.2 Å². The van der Waals surface area contributed by atoms with E-state index in [2.05, 4.69) is 0 Å². The van der Waals surface area contributed by atoms with Gasteiger partial charge in [-0.05, 0) is 19.1 Å². The number of nitrogens with zero attached hydrogens (tertiary/aromatic N) is 2. The number of carbonyl (C=O) groups is 2. The highest BCUT2D eigenvalue weighted by atomic mass is 16.5. The molecule has 7 heteroatoms. The van der Waals surface area contributed by atoms with E-state index in [-0.39, 0.29) is 30.4 Å². The molecule has 1 aromatic carbocycles. The van der Waals surface area contributed by atoms with Gasteiger partial charge in [0, 0.05) is 51.5 Å². The van der Waals surface area contributed by atoms with Crippen molar-refractivity contribution in [1.29, 1.82) is 0 Å². The van der Waals surface area contributed by atoms with Crippen molar-refractivity contribution in [2.45, 2.75) is 25.9 Å². The van der Waals surface area contributed by atoms with Crippen molar-refractivity contribution in [3.63, 3.8) is 0 Å². The van der Waals surface area contributed by atoms with E-state index in [0.29, 0.717) is 58.8 Å². The van der Waals surface area contributed by atoms with Crippen molar-refractivity contribution < 1.29 is 23.8 Å². The van der Waals surface area contributed by atoms with E-state index >= 15 is 0 Å². The van der Waals surface area contributed by atoms with Crippen LogP contribution in [0.4, 0.5) is 0 Å². The molecular formula is C21H30N2O5. The van der Waals surface area contributed by atoms with Crippen molar-refractivity contribution in [1.82, 2.24) is 9.80 Å². The highest BCUT2D eigenvalue weighted by Gasteiger charge is 2.35. The second kappa shape index (κ2) is 10.4. The Hall–Kier alpha value is -2.12. The second-order valence-electron chi connectivity index (χ2n) is 7.19. The van der Waals surface area contributed by atoms with Gasteiger partial charge in [0.1, 0.15) is 18.5 Å². The first-order valence-corrected chi connectivity index (χ1v) is 10.1. The Morgan fingerprint density at radius 2 is 1.82 bits per heavy atom. The van der Waals surface area contributed by atoms with E-state index in [1.807, 2.05) is 42.2 Å². The molecule has 0 aromatic heterocycles. The number of hydrogen-bond donors (Lipinski definition) is 0. The predicted molar refractivity (Wildman–Crippen MR) is 104 cm³/mol. The number of likely N-dealkylation sites (tertiary alicyclic amines) is 1. The summed E-state index contributed by atoms with van der Waals surface area (Å²) in [6, 6.07) is 9.66. The SMILES string of the molecule is CCOCC(=O)N1CC[C@H](Oc2ccccc2)[C@@H](CC(=O)N2CCOCC2)C1. The van der Waals surface area contributed by atoms with Crippen LogP contribution in [-0.4, -0.2) is 80.3 Å². The van der Waals surface area contributed by atoms with Crippen LogP contribution in [-0.2, 0) is 19.1 Å². The average Bonchev–Trinajstić information content (AvgIpc) is 2.74. The molecule has 2 aliphatic heterocycles. The number of morpholine rings is 1. The van der Waals surface area contributed by atoms with Gasteiger partial charge in [0.2, 0.25) is 11.8 Å². The van der Waals surface area contributed by atoms with Crippen LogP contribution in [0.15, 0.2) is 30.3 Å². The minimum atomic E-state index is -0.0939. The fraction of sp³-hybridized carbons (Fsp3) is 0.619. The largest absolute Gasteiger partial charge is 0.490 e. The molecule has 2 atom stereocenters. The van der Waals surface area contributed by atoms with Crippen LogP contribution >= 0.6 is 0 Å². The van der Waals surface area contributed by atoms with E-state index in [1.54, 1.807) is 4.90 Å². The molecule has 0 saturated carbocycles. The van der Waals surface area contributed by atoms with Gasteiger partial charge >= 0.3 is 0 Å². The van der Waals surface area contributed by atoms with Crippen molar-refractivity contribution in [3.05, 3.63) is 30.3 Å². The summed E-state index contributed by atoms with van der Waals surface area (Å²) in [5.41, 5.74) is 0. The van der Waals surface area contributed by atoms with Crippen LogP contribution in [0.5, 0.6) is 5.75 Å². The molecule has 1 aromatic rings. The Morgan fingerprint density at radius 3 is 2.54 bits per heavy atom. The Bertz CT molecular complexity index is 633. The van der Waals surface area contributed by atoms with Gasteiger partial charge in [0.15, 0.2) is 0 Å². The van der Waals surface area contributed by atoms with E-state index in [1.165, 1.54) is 0 Å². The number of piperidine rings is 1. The van der Waals surface area contributed by atoms with Crippen LogP contribution < -0.4 is 4.74 Å². The van der Waals surface area contributed by atoms with Crippen LogP contribution in [0.1, 0.15) is 19.8 Å². The maximum absolute atomic E-state index is 12.8. The van der Waals surface area contributed by atoms with E-state index in [0.717, 1.165) is 5.75 Å². The maximum Gasteiger partial charge on any atom is 0.248 e. The Morgan fingerprint density at radius 1 is 1.07 bits per heavy atom. The van der Waals surface area contributed by atoms with Gasteiger partial charge in [-0.25, -0.2) is 0 Å². The van der Waals surface area contributed by atoms with Crippen molar-refractivity contribution >= 4 is 11.8 Å². The number of benzene rings is 1. The summed E-state index contributed by atoms with van der Waals surface area (Å²) in [5, 5.41) is 0. The summed E-state index contributed by atoms with van der Waals surface area (Å²) in [6.45, 7) is 6.02. The molecule has 0 spiro atoms. The smallest absolute Gasteiger partial charge is 0.248 e. The summed E-state index contributed by atoms with van der Waals surface area (Å²) >= 11 is 0. The molecule has 0 N–H and O–H groups in total. The molecule has 0 bridgehead atoms. The number of amides is 2. The molecule has 0 radical (unpaired) electrons. The molecule has 28 heavy (non-hydrogen) atoms. The number of carbonyl (C=O) groups excluding carboxylic acids is 2. The average molecular weight is 390 g/mol. The zero-order chi connectivity index (χ0) is 19.8. The Kier molecular flexibility index (Phi) is 7.68. The van der Waals surface area contributed by atoms with Crippen LogP contribution in [0.3, 0.4) is 0 Å². The topological polar surface area (TPSA) is 68.3 Å². The van der Waals surface area contributed by atoms with Gasteiger partial charge in [0.25, 0.3) is 0 Å². The maximum atomic E-state index is 12.8. The lowest BCUT2D eigenvalue weighted by Gasteiger charge is -2.39. The fourth-order valence-corrected chi connectivity index (χ4v) is 3.71. The zero-order valence-electron chi connectivity index (χ0n) is 16.5. The summed E-state index contributed by atoms with van der Waals surface area (Å²) in [7, 11) is 0. The molecule has 2 aliphatic rings. The lowest BCUT2D eigenvalue weighted by Crippen LogP contribution is -2.51. The van der Waals surface area contributed by atoms with Crippen LogP contribution in [0, 0.1) is 5.92 Å². The van der Waals surface area contributed by atoms with Gasteiger partial charge in [-0.15, -0.1) is 0 Å². The van der Waals surface area contributed by atoms with Crippen molar-refractivity contribution in [2.75, 3.05) is 52.6 Å². The molecule has 2 fully saturated rings. The van der Waals surface area contributed by atoms with Gasteiger partial charge in [-0.2, -0.15) is 0 Å². The highest BCUT2D eigenvalue weighted by Crippen LogP contribution is 2.26. The van der Waals surface area contributed by atoms with E-state index in [4.69, 9.17) is 14.2 Å². The van der Waals surface area contributed by atoms with Crippen LogP contribution in [0.2, 0.25) is 0 Å². The normalized spacial score (nSPS) is 22.8.